The molecule has 1 N–H and O–H groups in total. The molecule has 0 spiro atoms. The van der Waals surface area contributed by atoms with Crippen molar-refractivity contribution in [3.63, 3.8) is 0 Å². The number of hydrogen-bond donors (Lipinski definition) is 1. The molecule has 0 fully saturated rings. The normalized spacial score (nSPS) is 10.7. The van der Waals surface area contributed by atoms with E-state index < -0.39 is 0 Å². The van der Waals surface area contributed by atoms with E-state index >= 15 is 0 Å². The molecule has 7 heteroatoms. The van der Waals surface area contributed by atoms with Crippen molar-refractivity contribution in [2.75, 3.05) is 12.4 Å². The Balaban J connectivity index is 1.67. The van der Waals surface area contributed by atoms with Crippen LogP contribution in [0.3, 0.4) is 0 Å². The summed E-state index contributed by atoms with van der Waals surface area (Å²) >= 11 is 0. The molecular weight excluding hydrogens is 342 g/mol. The lowest BCUT2D eigenvalue weighted by Crippen LogP contribution is -2.14. The summed E-state index contributed by atoms with van der Waals surface area (Å²) in [4.78, 5) is 25.8. The summed E-state index contributed by atoms with van der Waals surface area (Å²) in [7, 11) is 3.46. The number of nitrogens with one attached hydrogen (secondary N) is 1. The van der Waals surface area contributed by atoms with Gasteiger partial charge in [0.15, 0.2) is 5.65 Å². The highest BCUT2D eigenvalue weighted by atomic mass is 16.5. The monoisotopic (exact) mass is 359 g/mol. The van der Waals surface area contributed by atoms with Gasteiger partial charge in [0.1, 0.15) is 17.4 Å². The van der Waals surface area contributed by atoms with Crippen LogP contribution in [0.4, 0.5) is 5.82 Å². The van der Waals surface area contributed by atoms with E-state index in [9.17, 15) is 4.79 Å². The number of carbonyl (C=O) groups excluding carboxylic acids is 1. The summed E-state index contributed by atoms with van der Waals surface area (Å²) in [6.45, 7) is 0. The number of benzene rings is 1. The van der Waals surface area contributed by atoms with Crippen LogP contribution in [0.5, 0.6) is 5.75 Å². The number of amides is 1. The van der Waals surface area contributed by atoms with E-state index in [1.165, 1.54) is 7.11 Å². The first-order chi connectivity index (χ1) is 13.2. The molecule has 1 amide bonds. The number of aryl methyl sites for hydroxylation is 1. The lowest BCUT2D eigenvalue weighted by molar-refractivity contribution is 0.102. The van der Waals surface area contributed by atoms with Crippen molar-refractivity contribution in [2.45, 2.75) is 0 Å². The minimum Gasteiger partial charge on any atom is -0.496 e. The van der Waals surface area contributed by atoms with Gasteiger partial charge in [-0.1, -0.05) is 12.1 Å². The SMILES string of the molecule is COc1ccccc1C(=O)Nc1ccc2c(n1)nc(-c1cccnc1)n2C. The molecule has 0 aliphatic rings. The van der Waals surface area contributed by atoms with Gasteiger partial charge in [-0.15, -0.1) is 0 Å². The molecular formula is C20H17N5O2. The van der Waals surface area contributed by atoms with Crippen molar-refractivity contribution in [2.24, 2.45) is 7.05 Å². The smallest absolute Gasteiger partial charge is 0.260 e. The lowest BCUT2D eigenvalue weighted by Gasteiger charge is -2.08. The number of carbonyl (C=O) groups is 1. The summed E-state index contributed by atoms with van der Waals surface area (Å²) in [5.74, 6) is 1.41. The second kappa shape index (κ2) is 6.87. The van der Waals surface area contributed by atoms with Crippen LogP contribution < -0.4 is 10.1 Å². The van der Waals surface area contributed by atoms with Crippen molar-refractivity contribution < 1.29 is 9.53 Å². The topological polar surface area (TPSA) is 81.9 Å². The van der Waals surface area contributed by atoms with Crippen molar-refractivity contribution in [3.8, 4) is 17.1 Å². The first-order valence-corrected chi connectivity index (χ1v) is 8.35. The van der Waals surface area contributed by atoms with Gasteiger partial charge in [0, 0.05) is 25.0 Å². The van der Waals surface area contributed by atoms with E-state index in [1.807, 2.05) is 35.9 Å². The Morgan fingerprint density at radius 2 is 1.93 bits per heavy atom. The third-order valence-electron chi connectivity index (χ3n) is 4.26. The van der Waals surface area contributed by atoms with E-state index in [2.05, 4.69) is 20.3 Å². The van der Waals surface area contributed by atoms with Gasteiger partial charge in [-0.05, 0) is 36.4 Å². The predicted molar refractivity (Wildman–Crippen MR) is 103 cm³/mol. The molecule has 0 aliphatic carbocycles. The zero-order valence-electron chi connectivity index (χ0n) is 14.9. The summed E-state index contributed by atoms with van der Waals surface area (Å²) in [5.41, 5.74) is 2.76. The Kier molecular flexibility index (Phi) is 4.25. The number of imidazole rings is 1. The molecule has 134 valence electrons. The molecule has 0 aliphatic heterocycles. The molecule has 0 unspecified atom stereocenters. The van der Waals surface area contributed by atoms with Gasteiger partial charge in [-0.3, -0.25) is 9.78 Å². The Bertz CT molecular complexity index is 1120. The van der Waals surface area contributed by atoms with Crippen LogP contribution >= 0.6 is 0 Å². The van der Waals surface area contributed by atoms with Crippen LogP contribution in [0, 0.1) is 0 Å². The van der Waals surface area contributed by atoms with Crippen LogP contribution in [0.1, 0.15) is 10.4 Å². The third kappa shape index (κ3) is 3.10. The number of ether oxygens (including phenoxy) is 1. The molecule has 1 aromatic carbocycles. The maximum atomic E-state index is 12.6. The minimum atomic E-state index is -0.289. The molecule has 0 atom stereocenters. The molecule has 0 radical (unpaired) electrons. The van der Waals surface area contributed by atoms with Crippen LogP contribution in [-0.4, -0.2) is 32.5 Å². The fourth-order valence-corrected chi connectivity index (χ4v) is 2.91. The van der Waals surface area contributed by atoms with Gasteiger partial charge in [0.25, 0.3) is 5.91 Å². The Hall–Kier alpha value is -3.74. The van der Waals surface area contributed by atoms with Crippen molar-refractivity contribution in [1.29, 1.82) is 0 Å². The maximum absolute atomic E-state index is 12.6. The molecule has 27 heavy (non-hydrogen) atoms. The third-order valence-corrected chi connectivity index (χ3v) is 4.26. The van der Waals surface area contributed by atoms with Gasteiger partial charge < -0.3 is 14.6 Å². The van der Waals surface area contributed by atoms with Gasteiger partial charge >= 0.3 is 0 Å². The van der Waals surface area contributed by atoms with E-state index in [0.717, 1.165) is 16.9 Å². The van der Waals surface area contributed by atoms with E-state index in [4.69, 9.17) is 4.74 Å². The molecule has 4 rings (SSSR count). The average Bonchev–Trinajstić information content (AvgIpc) is 3.04. The van der Waals surface area contributed by atoms with E-state index in [1.54, 1.807) is 36.7 Å². The molecule has 3 aromatic heterocycles. The number of hydrogen-bond acceptors (Lipinski definition) is 5. The molecule has 0 saturated heterocycles. The Morgan fingerprint density at radius 3 is 2.70 bits per heavy atom. The molecule has 7 nitrogen and oxygen atoms in total. The molecule has 3 heterocycles. The largest absolute Gasteiger partial charge is 0.496 e. The van der Waals surface area contributed by atoms with Crippen LogP contribution in [-0.2, 0) is 7.05 Å². The van der Waals surface area contributed by atoms with Gasteiger partial charge in [0.05, 0.1) is 18.2 Å². The number of methoxy groups -OCH3 is 1. The summed E-state index contributed by atoms with van der Waals surface area (Å²) in [6, 6.07) is 14.5. The first kappa shape index (κ1) is 16.7. The maximum Gasteiger partial charge on any atom is 0.260 e. The second-order valence-electron chi connectivity index (χ2n) is 5.93. The number of rotatable bonds is 4. The zero-order chi connectivity index (χ0) is 18.8. The van der Waals surface area contributed by atoms with Gasteiger partial charge in [0.2, 0.25) is 0 Å². The van der Waals surface area contributed by atoms with Crippen LogP contribution in [0.15, 0.2) is 60.9 Å². The highest BCUT2D eigenvalue weighted by molar-refractivity contribution is 6.06. The standard InChI is InChI=1S/C20H17N5O2/c1-25-15-9-10-17(23-20(26)14-7-3-4-8-16(14)27-2)22-18(15)24-19(25)13-6-5-11-21-12-13/h3-12H,1-2H3,(H,22,23,26). The van der Waals surface area contributed by atoms with Crippen molar-refractivity contribution >= 4 is 22.9 Å². The van der Waals surface area contributed by atoms with Crippen molar-refractivity contribution in [1.82, 2.24) is 19.5 Å². The van der Waals surface area contributed by atoms with E-state index in [0.29, 0.717) is 22.8 Å². The first-order valence-electron chi connectivity index (χ1n) is 8.35. The molecule has 0 bridgehead atoms. The van der Waals surface area contributed by atoms with E-state index in [-0.39, 0.29) is 5.91 Å². The number of para-hydroxylation sites is 1. The zero-order valence-corrected chi connectivity index (χ0v) is 14.9. The number of aromatic nitrogens is 4. The Morgan fingerprint density at radius 1 is 1.07 bits per heavy atom. The molecule has 0 saturated carbocycles. The number of fused-ring (bicyclic) bond motifs is 1. The summed E-state index contributed by atoms with van der Waals surface area (Å²) in [5, 5.41) is 2.80. The second-order valence-corrected chi connectivity index (χ2v) is 5.93. The predicted octanol–water partition coefficient (Wildman–Crippen LogP) is 3.29. The summed E-state index contributed by atoms with van der Waals surface area (Å²) in [6.07, 6.45) is 3.47. The highest BCUT2D eigenvalue weighted by Gasteiger charge is 2.15. The highest BCUT2D eigenvalue weighted by Crippen LogP contribution is 2.24. The number of pyridine rings is 2. The fourth-order valence-electron chi connectivity index (χ4n) is 2.91. The van der Waals surface area contributed by atoms with Gasteiger partial charge in [-0.25, -0.2) is 9.97 Å². The minimum absolute atomic E-state index is 0.289. The number of nitrogens with zero attached hydrogens (tertiary/aromatic N) is 4. The summed E-state index contributed by atoms with van der Waals surface area (Å²) < 4.78 is 7.19. The number of anilines is 1. The van der Waals surface area contributed by atoms with Crippen LogP contribution in [0.25, 0.3) is 22.6 Å². The quantitative estimate of drug-likeness (QED) is 0.605. The van der Waals surface area contributed by atoms with Crippen molar-refractivity contribution in [3.05, 3.63) is 66.5 Å². The fraction of sp³-hybridized carbons (Fsp3) is 0.100. The lowest BCUT2D eigenvalue weighted by atomic mass is 10.2. The molecule has 4 aromatic rings. The Labute approximate surface area is 155 Å². The van der Waals surface area contributed by atoms with Gasteiger partial charge in [-0.2, -0.15) is 0 Å². The average molecular weight is 359 g/mol. The van der Waals surface area contributed by atoms with Crippen LogP contribution in [0.2, 0.25) is 0 Å².